The highest BCUT2D eigenvalue weighted by Gasteiger charge is 2.25. The minimum atomic E-state index is -0.644. The van der Waals surface area contributed by atoms with E-state index >= 15 is 0 Å². The van der Waals surface area contributed by atoms with Crippen LogP contribution in [0.5, 0.6) is 0 Å². The Balaban J connectivity index is 2.13. The second-order valence-corrected chi connectivity index (χ2v) is 10.6. The molecule has 1 aliphatic rings. The van der Waals surface area contributed by atoms with Gasteiger partial charge in [-0.1, -0.05) is 38.4 Å². The number of Topliss-reactive ketones (excluding diaryl/α,β-unsaturated/α-hetero) is 1. The van der Waals surface area contributed by atoms with Gasteiger partial charge in [0.2, 0.25) is 5.91 Å². The van der Waals surface area contributed by atoms with Crippen LogP contribution in [0.1, 0.15) is 52.5 Å². The number of aromatic nitrogens is 1. The van der Waals surface area contributed by atoms with Gasteiger partial charge in [-0.2, -0.15) is 0 Å². The number of carbonyl (C=O) groups is 2. The summed E-state index contributed by atoms with van der Waals surface area (Å²) in [5.74, 6) is -0.876. The van der Waals surface area contributed by atoms with Crippen molar-refractivity contribution < 1.29 is 14.0 Å². The van der Waals surface area contributed by atoms with Crippen molar-refractivity contribution in [1.29, 1.82) is 0 Å². The van der Waals surface area contributed by atoms with Gasteiger partial charge in [-0.3, -0.25) is 19.0 Å². The van der Waals surface area contributed by atoms with Crippen LogP contribution in [-0.2, 0) is 16.1 Å². The van der Waals surface area contributed by atoms with Gasteiger partial charge < -0.3 is 4.90 Å². The van der Waals surface area contributed by atoms with E-state index < -0.39 is 16.8 Å². The Hall–Kier alpha value is -2.25. The minimum absolute atomic E-state index is 0.101. The standard InChI is InChI=1S/C24H28ClFN2O3S/c1-15-8-5-6-11-27(15)21(30)14-28-22(13-20(29)24(2,3)4)32-19(23(28)31)12-16-17(25)9-7-10-18(16)26/h7,9-10,12-13,15H,5-6,8,11,14H2,1-4H3. The first kappa shape index (κ1) is 24.4. The second kappa shape index (κ2) is 9.71. The molecule has 2 heterocycles. The predicted octanol–water partition coefficient (Wildman–Crippen LogP) is 3.33. The first-order chi connectivity index (χ1) is 15.0. The zero-order valence-electron chi connectivity index (χ0n) is 18.8. The summed E-state index contributed by atoms with van der Waals surface area (Å²) in [6.45, 7) is 7.85. The number of benzene rings is 1. The molecular formula is C24H28ClFN2O3S. The molecule has 32 heavy (non-hydrogen) atoms. The molecule has 1 atom stereocenters. The first-order valence-electron chi connectivity index (χ1n) is 10.7. The quantitative estimate of drug-likeness (QED) is 0.677. The molecule has 3 rings (SSSR count). The summed E-state index contributed by atoms with van der Waals surface area (Å²) in [6.07, 6.45) is 5.72. The van der Waals surface area contributed by atoms with Crippen molar-refractivity contribution in [2.75, 3.05) is 6.54 Å². The van der Waals surface area contributed by atoms with E-state index in [1.54, 1.807) is 31.7 Å². The number of carbonyl (C=O) groups excluding carboxylic acids is 2. The molecule has 0 radical (unpaired) electrons. The molecule has 1 aromatic carbocycles. The van der Waals surface area contributed by atoms with Gasteiger partial charge in [-0.25, -0.2) is 4.39 Å². The van der Waals surface area contributed by atoms with Crippen LogP contribution in [0.15, 0.2) is 23.0 Å². The van der Waals surface area contributed by atoms with Crippen molar-refractivity contribution in [3.63, 3.8) is 0 Å². The molecule has 1 amide bonds. The maximum Gasteiger partial charge on any atom is 0.269 e. The van der Waals surface area contributed by atoms with Crippen LogP contribution < -0.4 is 14.8 Å². The van der Waals surface area contributed by atoms with Gasteiger partial charge in [0.1, 0.15) is 17.0 Å². The topological polar surface area (TPSA) is 59.4 Å². The third-order valence-corrected chi connectivity index (χ3v) is 7.01. The summed E-state index contributed by atoms with van der Waals surface area (Å²) in [5, 5.41) is 0.180. The maximum absolute atomic E-state index is 14.3. The molecule has 5 nitrogen and oxygen atoms in total. The minimum Gasteiger partial charge on any atom is -0.338 e. The number of hydrogen-bond acceptors (Lipinski definition) is 4. The fourth-order valence-corrected chi connectivity index (χ4v) is 4.84. The molecule has 0 aliphatic carbocycles. The lowest BCUT2D eigenvalue weighted by Crippen LogP contribution is -2.46. The fourth-order valence-electron chi connectivity index (χ4n) is 3.60. The molecule has 172 valence electrons. The molecule has 8 heteroatoms. The van der Waals surface area contributed by atoms with E-state index in [9.17, 15) is 18.8 Å². The van der Waals surface area contributed by atoms with Crippen LogP contribution in [0.25, 0.3) is 12.2 Å². The first-order valence-corrected chi connectivity index (χ1v) is 11.9. The number of hydrogen-bond donors (Lipinski definition) is 0. The normalized spacial score (nSPS) is 18.3. The monoisotopic (exact) mass is 478 g/mol. The number of halogens is 2. The van der Waals surface area contributed by atoms with Gasteiger partial charge in [0.05, 0.1) is 9.55 Å². The van der Waals surface area contributed by atoms with E-state index in [2.05, 4.69) is 0 Å². The van der Waals surface area contributed by atoms with Crippen LogP contribution >= 0.6 is 22.9 Å². The van der Waals surface area contributed by atoms with Crippen LogP contribution in [0.2, 0.25) is 5.02 Å². The molecule has 0 N–H and O–H groups in total. The lowest BCUT2D eigenvalue weighted by molar-refractivity contribution is -0.135. The van der Waals surface area contributed by atoms with Crippen molar-refractivity contribution in [3.8, 4) is 0 Å². The molecule has 1 saturated heterocycles. The van der Waals surface area contributed by atoms with E-state index in [1.165, 1.54) is 28.9 Å². The Morgan fingerprint density at radius 3 is 2.62 bits per heavy atom. The smallest absolute Gasteiger partial charge is 0.269 e. The summed E-state index contributed by atoms with van der Waals surface area (Å²) in [5.41, 5.74) is -0.987. The second-order valence-electron chi connectivity index (χ2n) is 9.17. The molecule has 1 fully saturated rings. The molecule has 0 bridgehead atoms. The maximum atomic E-state index is 14.3. The average Bonchev–Trinajstić information content (AvgIpc) is 2.99. The van der Waals surface area contributed by atoms with E-state index in [4.69, 9.17) is 11.6 Å². The molecule has 1 unspecified atom stereocenters. The molecule has 1 aliphatic heterocycles. The zero-order valence-corrected chi connectivity index (χ0v) is 20.4. The van der Waals surface area contributed by atoms with E-state index in [0.29, 0.717) is 11.2 Å². The molecule has 0 spiro atoms. The van der Waals surface area contributed by atoms with E-state index in [-0.39, 0.29) is 39.4 Å². The summed E-state index contributed by atoms with van der Waals surface area (Å²) in [7, 11) is 0. The van der Waals surface area contributed by atoms with Gasteiger partial charge in [-0.15, -0.1) is 11.3 Å². The van der Waals surface area contributed by atoms with Gasteiger partial charge in [0.15, 0.2) is 5.78 Å². The van der Waals surface area contributed by atoms with Crippen LogP contribution in [-0.4, -0.2) is 33.7 Å². The highest BCUT2D eigenvalue weighted by molar-refractivity contribution is 7.07. The lowest BCUT2D eigenvalue weighted by Gasteiger charge is -2.33. The molecule has 0 saturated carbocycles. The molecular weight excluding hydrogens is 451 g/mol. The number of nitrogens with zero attached hydrogens (tertiary/aromatic N) is 2. The molecule has 1 aromatic heterocycles. The average molecular weight is 479 g/mol. The Kier molecular flexibility index (Phi) is 7.40. The van der Waals surface area contributed by atoms with Crippen LogP contribution in [0, 0.1) is 11.2 Å². The Morgan fingerprint density at radius 2 is 2.00 bits per heavy atom. The highest BCUT2D eigenvalue weighted by atomic mass is 35.5. The SMILES string of the molecule is CC1CCCCN1C(=O)Cn1c(=CC(=O)C(C)(C)C)sc(=Cc2c(F)cccc2Cl)c1=O. The lowest BCUT2D eigenvalue weighted by atomic mass is 9.91. The third-order valence-electron chi connectivity index (χ3n) is 5.62. The number of thiazole rings is 1. The van der Waals surface area contributed by atoms with E-state index in [0.717, 1.165) is 30.6 Å². The van der Waals surface area contributed by atoms with Crippen molar-refractivity contribution in [2.45, 2.75) is 59.5 Å². The van der Waals surface area contributed by atoms with Crippen LogP contribution in [0.4, 0.5) is 4.39 Å². The van der Waals surface area contributed by atoms with Crippen molar-refractivity contribution in [3.05, 3.63) is 54.2 Å². The number of amides is 1. The Morgan fingerprint density at radius 1 is 1.28 bits per heavy atom. The third kappa shape index (κ3) is 5.38. The van der Waals surface area contributed by atoms with Crippen molar-refractivity contribution in [2.24, 2.45) is 5.41 Å². The van der Waals surface area contributed by atoms with Gasteiger partial charge in [-0.05, 0) is 44.4 Å². The summed E-state index contributed by atoms with van der Waals surface area (Å²) in [4.78, 5) is 40.7. The summed E-state index contributed by atoms with van der Waals surface area (Å²) in [6, 6.07) is 4.40. The van der Waals surface area contributed by atoms with Crippen molar-refractivity contribution in [1.82, 2.24) is 9.47 Å². The molecule has 2 aromatic rings. The summed E-state index contributed by atoms with van der Waals surface area (Å²) < 4.78 is 16.2. The largest absolute Gasteiger partial charge is 0.338 e. The van der Waals surface area contributed by atoms with Crippen molar-refractivity contribution >= 4 is 46.8 Å². The van der Waals surface area contributed by atoms with Gasteiger partial charge in [0.25, 0.3) is 5.56 Å². The highest BCUT2D eigenvalue weighted by Crippen LogP contribution is 2.20. The predicted molar refractivity (Wildman–Crippen MR) is 127 cm³/mol. The summed E-state index contributed by atoms with van der Waals surface area (Å²) >= 11 is 7.18. The van der Waals surface area contributed by atoms with Gasteiger partial charge >= 0.3 is 0 Å². The Labute approximate surface area is 195 Å². The zero-order chi connectivity index (χ0) is 23.6. The number of rotatable bonds is 4. The van der Waals surface area contributed by atoms with E-state index in [1.807, 2.05) is 6.92 Å². The fraction of sp³-hybridized carbons (Fsp3) is 0.458. The Bertz CT molecular complexity index is 1190. The number of ketones is 1. The van der Waals surface area contributed by atoms with Crippen LogP contribution in [0.3, 0.4) is 0 Å². The number of likely N-dealkylation sites (tertiary alicyclic amines) is 1. The van der Waals surface area contributed by atoms with Gasteiger partial charge in [0, 0.05) is 29.6 Å². The number of piperidine rings is 1.